The minimum atomic E-state index is -3.15. The van der Waals surface area contributed by atoms with E-state index >= 15 is 0 Å². The van der Waals surface area contributed by atoms with E-state index in [0.29, 0.717) is 37.4 Å². The molecule has 5 rings (SSSR count). The number of methoxy groups -OCH3 is 1. The molecule has 1 aliphatic heterocycles. The summed E-state index contributed by atoms with van der Waals surface area (Å²) in [6.07, 6.45) is 2.81. The molecule has 37 heavy (non-hydrogen) atoms. The summed E-state index contributed by atoms with van der Waals surface area (Å²) in [6, 6.07) is 6.86. The zero-order valence-corrected chi connectivity index (χ0v) is 20.9. The molecule has 2 fully saturated rings. The van der Waals surface area contributed by atoms with E-state index in [2.05, 4.69) is 18.9 Å². The van der Waals surface area contributed by atoms with Crippen LogP contribution in [0, 0.1) is 5.92 Å². The van der Waals surface area contributed by atoms with Crippen LogP contribution in [0.2, 0.25) is 0 Å². The Kier molecular flexibility index (Phi) is 6.89. The van der Waals surface area contributed by atoms with Gasteiger partial charge in [-0.1, -0.05) is 19.9 Å². The molecule has 7 nitrogen and oxygen atoms in total. The minimum Gasteiger partial charge on any atom is -0.496 e. The van der Waals surface area contributed by atoms with E-state index in [1.165, 1.54) is 13.2 Å². The minimum absolute atomic E-state index is 0.0865. The first kappa shape index (κ1) is 25.5. The van der Waals surface area contributed by atoms with Crippen molar-refractivity contribution in [2.45, 2.75) is 51.0 Å². The lowest BCUT2D eigenvalue weighted by Gasteiger charge is -2.31. The van der Waals surface area contributed by atoms with Crippen LogP contribution in [0.4, 0.5) is 13.2 Å². The summed E-state index contributed by atoms with van der Waals surface area (Å²) in [5, 5.41) is 4.47. The summed E-state index contributed by atoms with van der Waals surface area (Å²) < 4.78 is 62.9. The van der Waals surface area contributed by atoms with E-state index in [4.69, 9.17) is 18.9 Å². The standard InChI is InChI=1S/C27H29F3N2O5/c1-27(2,14-36-18-12-35-13-18)17-4-5-21-19(10-31-32(21)11-17)15-8-23(34-3)25(24(9-15)37-26(29)30)22(33)7-16-6-20(16)28/h4-5,8-11,16,18,20,26H,6-7,12-14H2,1-3H3/t16-,20-/m0/s1. The Hall–Kier alpha value is -3.11. The predicted molar refractivity (Wildman–Crippen MR) is 129 cm³/mol. The van der Waals surface area contributed by atoms with Crippen molar-refractivity contribution in [1.29, 1.82) is 0 Å². The largest absolute Gasteiger partial charge is 0.496 e. The maximum absolute atomic E-state index is 13.4. The lowest BCUT2D eigenvalue weighted by Crippen LogP contribution is -2.39. The Labute approximate surface area is 212 Å². The van der Waals surface area contributed by atoms with Gasteiger partial charge >= 0.3 is 6.61 Å². The predicted octanol–water partition coefficient (Wildman–Crippen LogP) is 5.24. The highest BCUT2D eigenvalue weighted by atomic mass is 19.3. The number of carbonyl (C=O) groups excluding carboxylic acids is 1. The molecule has 0 bridgehead atoms. The van der Waals surface area contributed by atoms with Crippen molar-refractivity contribution in [3.8, 4) is 22.6 Å². The Morgan fingerprint density at radius 1 is 1.24 bits per heavy atom. The fourth-order valence-electron chi connectivity index (χ4n) is 4.46. The summed E-state index contributed by atoms with van der Waals surface area (Å²) in [5.41, 5.74) is 2.50. The van der Waals surface area contributed by atoms with Gasteiger partial charge in [0.2, 0.25) is 0 Å². The van der Waals surface area contributed by atoms with Crippen molar-refractivity contribution >= 4 is 11.3 Å². The van der Waals surface area contributed by atoms with Crippen molar-refractivity contribution in [2.24, 2.45) is 5.92 Å². The average molecular weight is 519 g/mol. The van der Waals surface area contributed by atoms with Crippen LogP contribution < -0.4 is 9.47 Å². The molecule has 0 radical (unpaired) electrons. The highest BCUT2D eigenvalue weighted by Gasteiger charge is 2.40. The van der Waals surface area contributed by atoms with Gasteiger partial charge in [0.1, 0.15) is 29.3 Å². The second-order valence-corrected chi connectivity index (χ2v) is 10.2. The maximum Gasteiger partial charge on any atom is 0.387 e. The van der Waals surface area contributed by atoms with Gasteiger partial charge < -0.3 is 18.9 Å². The summed E-state index contributed by atoms with van der Waals surface area (Å²) in [7, 11) is 1.35. The topological polar surface area (TPSA) is 71.3 Å². The second kappa shape index (κ2) is 9.98. The van der Waals surface area contributed by atoms with Crippen LogP contribution in [0.3, 0.4) is 0 Å². The molecule has 3 heterocycles. The van der Waals surface area contributed by atoms with E-state index in [0.717, 1.165) is 11.1 Å². The normalized spacial score (nSPS) is 19.8. The van der Waals surface area contributed by atoms with Crippen LogP contribution in [0.1, 0.15) is 42.6 Å². The molecule has 1 saturated carbocycles. The molecule has 0 spiro atoms. The number of ether oxygens (including phenoxy) is 4. The third kappa shape index (κ3) is 5.31. The highest BCUT2D eigenvalue weighted by Crippen LogP contribution is 2.42. The number of benzene rings is 1. The van der Waals surface area contributed by atoms with Gasteiger partial charge in [-0.2, -0.15) is 13.9 Å². The molecular formula is C27H29F3N2O5. The summed E-state index contributed by atoms with van der Waals surface area (Å²) in [5.74, 6) is -1.11. The molecule has 0 amide bonds. The summed E-state index contributed by atoms with van der Waals surface area (Å²) in [4.78, 5) is 12.9. The molecular weight excluding hydrogens is 489 g/mol. The van der Waals surface area contributed by atoms with Gasteiger partial charge in [0.05, 0.1) is 38.6 Å². The molecule has 10 heteroatoms. The van der Waals surface area contributed by atoms with Crippen LogP contribution in [0.15, 0.2) is 36.7 Å². The summed E-state index contributed by atoms with van der Waals surface area (Å²) in [6.45, 7) is 2.76. The van der Waals surface area contributed by atoms with E-state index < -0.39 is 24.5 Å². The van der Waals surface area contributed by atoms with Crippen LogP contribution >= 0.6 is 0 Å². The molecule has 2 atom stereocenters. The Bertz CT molecular complexity index is 1300. The molecule has 2 aliphatic rings. The molecule has 0 unspecified atom stereocenters. The molecule has 1 saturated heterocycles. The number of alkyl halides is 3. The number of carbonyl (C=O) groups is 1. The first-order valence-corrected chi connectivity index (χ1v) is 12.2. The van der Waals surface area contributed by atoms with Gasteiger partial charge in [-0.25, -0.2) is 8.91 Å². The number of pyridine rings is 1. The number of aromatic nitrogens is 2. The van der Waals surface area contributed by atoms with E-state index in [1.807, 2.05) is 18.3 Å². The highest BCUT2D eigenvalue weighted by molar-refractivity contribution is 6.03. The Balaban J connectivity index is 1.47. The van der Waals surface area contributed by atoms with Gasteiger partial charge in [-0.3, -0.25) is 4.79 Å². The molecule has 1 aromatic carbocycles. The monoisotopic (exact) mass is 518 g/mol. The van der Waals surface area contributed by atoms with Crippen molar-refractivity contribution in [1.82, 2.24) is 9.61 Å². The second-order valence-electron chi connectivity index (χ2n) is 10.2. The first-order chi connectivity index (χ1) is 17.7. The fourth-order valence-corrected chi connectivity index (χ4v) is 4.46. The number of nitrogens with zero attached hydrogens (tertiary/aromatic N) is 2. The van der Waals surface area contributed by atoms with Crippen molar-refractivity contribution in [2.75, 3.05) is 26.9 Å². The van der Waals surface area contributed by atoms with Gasteiger partial charge in [0, 0.05) is 29.5 Å². The van der Waals surface area contributed by atoms with Crippen LogP contribution in [-0.2, 0) is 14.9 Å². The number of ketones is 1. The smallest absolute Gasteiger partial charge is 0.387 e. The molecule has 198 valence electrons. The van der Waals surface area contributed by atoms with Gasteiger partial charge in [-0.15, -0.1) is 0 Å². The Morgan fingerprint density at radius 2 is 1.97 bits per heavy atom. The Morgan fingerprint density at radius 3 is 2.59 bits per heavy atom. The van der Waals surface area contributed by atoms with Gasteiger partial charge in [0.25, 0.3) is 0 Å². The van der Waals surface area contributed by atoms with E-state index in [-0.39, 0.29) is 35.0 Å². The van der Waals surface area contributed by atoms with E-state index in [9.17, 15) is 18.0 Å². The van der Waals surface area contributed by atoms with Crippen molar-refractivity contribution in [3.05, 3.63) is 47.8 Å². The molecule has 2 aromatic heterocycles. The summed E-state index contributed by atoms with van der Waals surface area (Å²) >= 11 is 0. The maximum atomic E-state index is 13.4. The zero-order valence-electron chi connectivity index (χ0n) is 20.9. The van der Waals surface area contributed by atoms with Crippen molar-refractivity contribution < 1.29 is 36.9 Å². The lowest BCUT2D eigenvalue weighted by atomic mass is 9.86. The number of Topliss-reactive ketones (excluding diaryl/α,β-unsaturated/α-hetero) is 1. The molecule has 0 N–H and O–H groups in total. The third-order valence-corrected chi connectivity index (χ3v) is 6.96. The number of hydrogen-bond donors (Lipinski definition) is 0. The molecule has 3 aromatic rings. The van der Waals surface area contributed by atoms with E-state index in [1.54, 1.807) is 16.8 Å². The zero-order chi connectivity index (χ0) is 26.3. The van der Waals surface area contributed by atoms with Crippen LogP contribution in [0.25, 0.3) is 16.6 Å². The van der Waals surface area contributed by atoms with Crippen LogP contribution in [0.5, 0.6) is 11.5 Å². The number of hydrogen-bond acceptors (Lipinski definition) is 6. The van der Waals surface area contributed by atoms with Gasteiger partial charge in [-0.05, 0) is 35.7 Å². The van der Waals surface area contributed by atoms with Crippen LogP contribution in [-0.4, -0.2) is 61.2 Å². The molecule has 1 aliphatic carbocycles. The van der Waals surface area contributed by atoms with Gasteiger partial charge in [0.15, 0.2) is 5.78 Å². The first-order valence-electron chi connectivity index (χ1n) is 12.2. The third-order valence-electron chi connectivity index (χ3n) is 6.96. The number of halogens is 3. The quantitative estimate of drug-likeness (QED) is 0.324. The number of rotatable bonds is 11. The SMILES string of the molecule is COc1cc(-c2cnn3cc(C(C)(C)COC4COC4)ccc23)cc(OC(F)F)c1C(=O)C[C@@H]1C[C@@H]1F. The van der Waals surface area contributed by atoms with Crippen molar-refractivity contribution in [3.63, 3.8) is 0 Å². The fraction of sp³-hybridized carbons (Fsp3) is 0.481. The number of fused-ring (bicyclic) bond motifs is 1. The lowest BCUT2D eigenvalue weighted by molar-refractivity contribution is -0.137. The average Bonchev–Trinajstić information content (AvgIpc) is 3.34.